The van der Waals surface area contributed by atoms with Crippen molar-refractivity contribution in [3.05, 3.63) is 53.6 Å². The zero-order chi connectivity index (χ0) is 23.0. The second kappa shape index (κ2) is 8.68. The molecule has 0 saturated carbocycles. The lowest BCUT2D eigenvalue weighted by molar-refractivity contribution is 0.0985. The molecule has 2 aromatic carbocycles. The van der Waals surface area contributed by atoms with E-state index in [-0.39, 0.29) is 16.2 Å². The molecule has 0 aliphatic rings. The first-order chi connectivity index (χ1) is 14.4. The number of carbonyl (C=O) groups excluding carboxylic acids is 1. The fourth-order valence-electron chi connectivity index (χ4n) is 3.09. The Labute approximate surface area is 188 Å². The van der Waals surface area contributed by atoms with Gasteiger partial charge in [-0.25, -0.2) is 13.4 Å². The normalized spacial score (nSPS) is 12.5. The number of rotatable bonds is 6. The van der Waals surface area contributed by atoms with Crippen molar-refractivity contribution in [1.29, 1.82) is 0 Å². The van der Waals surface area contributed by atoms with Gasteiger partial charge in [-0.1, -0.05) is 44.2 Å². The van der Waals surface area contributed by atoms with Gasteiger partial charge >= 0.3 is 0 Å². The van der Waals surface area contributed by atoms with E-state index >= 15 is 0 Å². The van der Waals surface area contributed by atoms with Crippen LogP contribution in [0.25, 0.3) is 10.2 Å². The van der Waals surface area contributed by atoms with Gasteiger partial charge in [-0.3, -0.25) is 9.69 Å². The molecule has 0 unspecified atom stereocenters. The molecule has 0 spiro atoms. The highest BCUT2D eigenvalue weighted by atomic mass is 32.2. The lowest BCUT2D eigenvalue weighted by atomic mass is 9.86. The van der Waals surface area contributed by atoms with Gasteiger partial charge in [0.2, 0.25) is 0 Å². The van der Waals surface area contributed by atoms with Crippen LogP contribution in [0, 0.1) is 0 Å². The molecule has 6 nitrogen and oxygen atoms in total. The molecule has 0 fully saturated rings. The van der Waals surface area contributed by atoms with Crippen LogP contribution in [0.15, 0.2) is 47.4 Å². The number of benzene rings is 2. The molecule has 0 aliphatic heterocycles. The fourth-order valence-corrected chi connectivity index (χ4v) is 4.84. The Kier molecular flexibility index (Phi) is 6.55. The number of sulfone groups is 1. The molecule has 0 radical (unpaired) electrons. The average molecular weight is 460 g/mol. The number of hydrogen-bond donors (Lipinski definition) is 0. The van der Waals surface area contributed by atoms with Crippen LogP contribution >= 0.6 is 11.3 Å². The number of anilines is 1. The van der Waals surface area contributed by atoms with Crippen molar-refractivity contribution in [3.8, 4) is 0 Å². The van der Waals surface area contributed by atoms with Crippen molar-refractivity contribution in [2.24, 2.45) is 0 Å². The predicted octanol–water partition coefficient (Wildman–Crippen LogP) is 4.21. The highest BCUT2D eigenvalue weighted by molar-refractivity contribution is 7.90. The van der Waals surface area contributed by atoms with E-state index in [4.69, 9.17) is 0 Å². The monoisotopic (exact) mass is 459 g/mol. The number of fused-ring (bicyclic) bond motifs is 1. The standard InChI is InChI=1S/C23H29N3O3S2/c1-23(2,3)17-9-7-16(8-10-17)21(27)26(14-13-25(4)5)22-24-19-12-11-18(31(6,28)29)15-20(19)30-22/h7-12,15H,13-14H2,1-6H3. The lowest BCUT2D eigenvalue weighted by Gasteiger charge is -2.23. The minimum atomic E-state index is -3.31. The molecular formula is C23H29N3O3S2. The minimum Gasteiger partial charge on any atom is -0.308 e. The molecule has 3 aromatic rings. The molecule has 0 aliphatic carbocycles. The van der Waals surface area contributed by atoms with Gasteiger partial charge in [0.15, 0.2) is 15.0 Å². The molecular weight excluding hydrogens is 430 g/mol. The molecule has 1 aromatic heterocycles. The smallest absolute Gasteiger partial charge is 0.260 e. The number of likely N-dealkylation sites (N-methyl/N-ethyl adjacent to an activating group) is 1. The van der Waals surface area contributed by atoms with Crippen LogP contribution in [0.3, 0.4) is 0 Å². The highest BCUT2D eigenvalue weighted by Gasteiger charge is 2.23. The van der Waals surface area contributed by atoms with E-state index in [1.165, 1.54) is 17.6 Å². The van der Waals surface area contributed by atoms with E-state index in [2.05, 4.69) is 25.8 Å². The summed E-state index contributed by atoms with van der Waals surface area (Å²) in [6.07, 6.45) is 1.18. The lowest BCUT2D eigenvalue weighted by Crippen LogP contribution is -2.36. The van der Waals surface area contributed by atoms with Crippen molar-refractivity contribution >= 4 is 42.4 Å². The summed E-state index contributed by atoms with van der Waals surface area (Å²) >= 11 is 1.33. The molecule has 0 N–H and O–H groups in total. The maximum Gasteiger partial charge on any atom is 0.260 e. The van der Waals surface area contributed by atoms with Crippen molar-refractivity contribution < 1.29 is 13.2 Å². The second-order valence-corrected chi connectivity index (χ2v) is 12.0. The molecule has 1 heterocycles. The van der Waals surface area contributed by atoms with Gasteiger partial charge in [0.25, 0.3) is 5.91 Å². The summed E-state index contributed by atoms with van der Waals surface area (Å²) < 4.78 is 24.5. The number of carbonyl (C=O) groups is 1. The third-order valence-electron chi connectivity index (χ3n) is 5.02. The first-order valence-electron chi connectivity index (χ1n) is 10.0. The highest BCUT2D eigenvalue weighted by Crippen LogP contribution is 2.32. The molecule has 31 heavy (non-hydrogen) atoms. The number of aromatic nitrogens is 1. The Bertz CT molecular complexity index is 1190. The predicted molar refractivity (Wildman–Crippen MR) is 128 cm³/mol. The third kappa shape index (κ3) is 5.50. The van der Waals surface area contributed by atoms with Crippen LogP contribution in [0.5, 0.6) is 0 Å². The summed E-state index contributed by atoms with van der Waals surface area (Å²) in [6, 6.07) is 12.6. The quantitative estimate of drug-likeness (QED) is 0.552. The summed E-state index contributed by atoms with van der Waals surface area (Å²) in [5.74, 6) is -0.121. The van der Waals surface area contributed by atoms with Crippen LogP contribution in [-0.4, -0.2) is 57.6 Å². The number of amides is 1. The van der Waals surface area contributed by atoms with E-state index in [0.717, 1.165) is 10.3 Å². The van der Waals surface area contributed by atoms with Crippen LogP contribution in [0.4, 0.5) is 5.13 Å². The van der Waals surface area contributed by atoms with Crippen LogP contribution in [0.1, 0.15) is 36.7 Å². The summed E-state index contributed by atoms with van der Waals surface area (Å²) in [7, 11) is 0.601. The van der Waals surface area contributed by atoms with E-state index in [1.807, 2.05) is 43.3 Å². The third-order valence-corrected chi connectivity index (χ3v) is 7.17. The summed E-state index contributed by atoms with van der Waals surface area (Å²) in [5, 5.41) is 0.562. The van der Waals surface area contributed by atoms with E-state index in [9.17, 15) is 13.2 Å². The molecule has 0 bridgehead atoms. The molecule has 0 atom stereocenters. The van der Waals surface area contributed by atoms with Gasteiger partial charge in [-0.2, -0.15) is 0 Å². The summed E-state index contributed by atoms with van der Waals surface area (Å²) in [6.45, 7) is 7.57. The van der Waals surface area contributed by atoms with Gasteiger partial charge in [-0.15, -0.1) is 0 Å². The maximum atomic E-state index is 13.4. The average Bonchev–Trinajstić information content (AvgIpc) is 3.09. The van der Waals surface area contributed by atoms with E-state index in [0.29, 0.717) is 29.3 Å². The molecule has 3 rings (SSSR count). The second-order valence-electron chi connectivity index (χ2n) is 8.99. The Hall–Kier alpha value is -2.29. The molecule has 166 valence electrons. The Balaban J connectivity index is 1.99. The van der Waals surface area contributed by atoms with E-state index < -0.39 is 9.84 Å². The first-order valence-corrected chi connectivity index (χ1v) is 12.7. The van der Waals surface area contributed by atoms with Crippen molar-refractivity contribution in [2.75, 3.05) is 38.3 Å². The van der Waals surface area contributed by atoms with Gasteiger partial charge in [-0.05, 0) is 55.4 Å². The Morgan fingerprint density at radius 2 is 1.68 bits per heavy atom. The van der Waals surface area contributed by atoms with Crippen LogP contribution in [0.2, 0.25) is 0 Å². The number of hydrogen-bond acceptors (Lipinski definition) is 6. The van der Waals surface area contributed by atoms with Crippen molar-refractivity contribution in [2.45, 2.75) is 31.1 Å². The zero-order valence-electron chi connectivity index (χ0n) is 18.8. The van der Waals surface area contributed by atoms with Gasteiger partial charge in [0.05, 0.1) is 15.1 Å². The Morgan fingerprint density at radius 3 is 2.23 bits per heavy atom. The topological polar surface area (TPSA) is 70.6 Å². The first kappa shape index (κ1) is 23.4. The minimum absolute atomic E-state index is 0.0105. The molecule has 0 saturated heterocycles. The summed E-state index contributed by atoms with van der Waals surface area (Å²) in [4.78, 5) is 22.0. The largest absolute Gasteiger partial charge is 0.308 e. The number of nitrogens with zero attached hydrogens (tertiary/aromatic N) is 3. The van der Waals surface area contributed by atoms with Gasteiger partial charge < -0.3 is 4.90 Å². The van der Waals surface area contributed by atoms with E-state index in [1.54, 1.807) is 23.1 Å². The Morgan fingerprint density at radius 1 is 1.03 bits per heavy atom. The van der Waals surface area contributed by atoms with Gasteiger partial charge in [0, 0.05) is 24.9 Å². The van der Waals surface area contributed by atoms with Crippen LogP contribution in [-0.2, 0) is 15.3 Å². The molecule has 1 amide bonds. The SMILES string of the molecule is CN(C)CCN(C(=O)c1ccc(C(C)(C)C)cc1)c1nc2ccc(S(C)(=O)=O)cc2s1. The number of thiazole rings is 1. The van der Waals surface area contributed by atoms with Crippen LogP contribution < -0.4 is 4.90 Å². The maximum absolute atomic E-state index is 13.4. The zero-order valence-corrected chi connectivity index (χ0v) is 20.5. The summed E-state index contributed by atoms with van der Waals surface area (Å²) in [5.41, 5.74) is 2.45. The fraction of sp³-hybridized carbons (Fsp3) is 0.391. The van der Waals surface area contributed by atoms with Crippen molar-refractivity contribution in [3.63, 3.8) is 0 Å². The van der Waals surface area contributed by atoms with Gasteiger partial charge in [0.1, 0.15) is 0 Å². The van der Waals surface area contributed by atoms with Crippen molar-refractivity contribution in [1.82, 2.24) is 9.88 Å². The molecule has 8 heteroatoms.